The van der Waals surface area contributed by atoms with Crippen LogP contribution in [0.15, 0.2) is 54.6 Å². The first-order valence-electron chi connectivity index (χ1n) is 7.60. The van der Waals surface area contributed by atoms with Crippen molar-refractivity contribution in [2.24, 2.45) is 0 Å². The monoisotopic (exact) mass is 312 g/mol. The first-order chi connectivity index (χ1) is 11.2. The molecule has 120 valence electrons. The average Bonchev–Trinajstić information content (AvgIpc) is 2.55. The predicted molar refractivity (Wildman–Crippen MR) is 87.2 cm³/mol. The second kappa shape index (κ2) is 8.73. The Hall–Kier alpha value is -2.62. The van der Waals surface area contributed by atoms with Gasteiger partial charge in [0.2, 0.25) is 0 Å². The van der Waals surface area contributed by atoms with Gasteiger partial charge in [0.05, 0.1) is 6.61 Å². The van der Waals surface area contributed by atoms with Gasteiger partial charge in [-0.2, -0.15) is 0 Å². The van der Waals surface area contributed by atoms with E-state index in [4.69, 9.17) is 9.47 Å². The van der Waals surface area contributed by atoms with Crippen LogP contribution in [-0.2, 0) is 27.4 Å². The number of ether oxygens (including phenoxy) is 2. The maximum atomic E-state index is 11.8. The van der Waals surface area contributed by atoms with Crippen molar-refractivity contribution < 1.29 is 19.1 Å². The molecule has 2 aromatic rings. The van der Waals surface area contributed by atoms with E-state index >= 15 is 0 Å². The molecule has 0 aliphatic rings. The summed E-state index contributed by atoms with van der Waals surface area (Å²) in [6.07, 6.45) is 0.0396. The third-order valence-corrected chi connectivity index (χ3v) is 3.22. The van der Waals surface area contributed by atoms with Crippen LogP contribution in [0.3, 0.4) is 0 Å². The first-order valence-corrected chi connectivity index (χ1v) is 7.60. The number of rotatable bonds is 8. The molecule has 0 fully saturated rings. The van der Waals surface area contributed by atoms with Crippen molar-refractivity contribution in [2.75, 3.05) is 6.61 Å². The highest BCUT2D eigenvalue weighted by Crippen LogP contribution is 2.15. The third-order valence-electron chi connectivity index (χ3n) is 3.22. The van der Waals surface area contributed by atoms with Crippen molar-refractivity contribution in [1.82, 2.24) is 0 Å². The lowest BCUT2D eigenvalue weighted by Crippen LogP contribution is -2.12. The van der Waals surface area contributed by atoms with Crippen molar-refractivity contribution in [3.05, 3.63) is 65.7 Å². The van der Waals surface area contributed by atoms with E-state index in [0.29, 0.717) is 13.2 Å². The highest BCUT2D eigenvalue weighted by molar-refractivity contribution is 5.96. The topological polar surface area (TPSA) is 52.6 Å². The van der Waals surface area contributed by atoms with Crippen LogP contribution in [0.1, 0.15) is 24.5 Å². The number of hydrogen-bond acceptors (Lipinski definition) is 4. The van der Waals surface area contributed by atoms with Gasteiger partial charge < -0.3 is 9.47 Å². The van der Waals surface area contributed by atoms with E-state index in [-0.39, 0.29) is 18.6 Å². The van der Waals surface area contributed by atoms with Crippen molar-refractivity contribution in [3.8, 4) is 5.75 Å². The fraction of sp³-hybridized carbons (Fsp3) is 0.263. The summed E-state index contributed by atoms with van der Waals surface area (Å²) in [4.78, 5) is 23.0. The summed E-state index contributed by atoms with van der Waals surface area (Å²) in [5.74, 6) is 0.122. The molecule has 0 saturated carbocycles. The SMILES string of the molecule is CCOC(=O)CC(=O)Cc1ccc(OCc2ccccc2)cc1. The largest absolute Gasteiger partial charge is 0.489 e. The van der Waals surface area contributed by atoms with Crippen molar-refractivity contribution in [1.29, 1.82) is 0 Å². The van der Waals surface area contributed by atoms with E-state index in [9.17, 15) is 9.59 Å². The van der Waals surface area contributed by atoms with Gasteiger partial charge in [-0.1, -0.05) is 42.5 Å². The number of hydrogen-bond donors (Lipinski definition) is 0. The normalized spacial score (nSPS) is 10.1. The van der Waals surface area contributed by atoms with E-state index in [0.717, 1.165) is 16.9 Å². The van der Waals surface area contributed by atoms with Crippen LogP contribution < -0.4 is 4.74 Å². The molecule has 0 spiro atoms. The second-order valence-electron chi connectivity index (χ2n) is 5.12. The molecule has 0 aromatic heterocycles. The number of esters is 1. The van der Waals surface area contributed by atoms with Gasteiger partial charge in [-0.15, -0.1) is 0 Å². The quantitative estimate of drug-likeness (QED) is 0.554. The van der Waals surface area contributed by atoms with Gasteiger partial charge in [0.1, 0.15) is 24.6 Å². The molecule has 4 heteroatoms. The van der Waals surface area contributed by atoms with Crippen molar-refractivity contribution in [2.45, 2.75) is 26.4 Å². The van der Waals surface area contributed by atoms with Gasteiger partial charge in [0.25, 0.3) is 0 Å². The molecular formula is C19H20O4. The molecule has 0 radical (unpaired) electrons. The summed E-state index contributed by atoms with van der Waals surface area (Å²) < 4.78 is 10.5. The van der Waals surface area contributed by atoms with E-state index in [1.54, 1.807) is 6.92 Å². The number of carbonyl (C=O) groups excluding carboxylic acids is 2. The van der Waals surface area contributed by atoms with Gasteiger partial charge in [-0.25, -0.2) is 0 Å². The summed E-state index contributed by atoms with van der Waals surface area (Å²) in [5, 5.41) is 0. The predicted octanol–water partition coefficient (Wildman–Crippen LogP) is 3.33. The Balaban J connectivity index is 1.82. The maximum Gasteiger partial charge on any atom is 0.313 e. The Labute approximate surface area is 136 Å². The van der Waals surface area contributed by atoms with Crippen LogP contribution in [0.5, 0.6) is 5.75 Å². The molecule has 4 nitrogen and oxygen atoms in total. The first kappa shape index (κ1) is 16.7. The highest BCUT2D eigenvalue weighted by Gasteiger charge is 2.11. The molecule has 0 heterocycles. The van der Waals surface area contributed by atoms with Crippen LogP contribution in [0.2, 0.25) is 0 Å². The smallest absolute Gasteiger partial charge is 0.313 e. The highest BCUT2D eigenvalue weighted by atomic mass is 16.5. The summed E-state index contributed by atoms with van der Waals surface area (Å²) in [6, 6.07) is 17.2. The molecule has 0 aliphatic heterocycles. The van der Waals surface area contributed by atoms with Crippen molar-refractivity contribution in [3.63, 3.8) is 0 Å². The van der Waals surface area contributed by atoms with Crippen LogP contribution in [0.25, 0.3) is 0 Å². The van der Waals surface area contributed by atoms with E-state index in [2.05, 4.69) is 0 Å². The third kappa shape index (κ3) is 5.94. The van der Waals surface area contributed by atoms with Gasteiger partial charge in [-0.3, -0.25) is 9.59 Å². The molecule has 0 saturated heterocycles. The lowest BCUT2D eigenvalue weighted by Gasteiger charge is -2.07. The molecule has 0 unspecified atom stereocenters. The molecule has 0 bridgehead atoms. The van der Waals surface area contributed by atoms with Gasteiger partial charge in [0, 0.05) is 6.42 Å². The Kier molecular flexibility index (Phi) is 6.36. The van der Waals surface area contributed by atoms with Gasteiger partial charge in [-0.05, 0) is 30.2 Å². The zero-order valence-electron chi connectivity index (χ0n) is 13.2. The number of Topliss-reactive ketones (excluding diaryl/α,β-unsaturated/α-hetero) is 1. The maximum absolute atomic E-state index is 11.8. The summed E-state index contributed by atoms with van der Waals surface area (Å²) in [5.41, 5.74) is 1.95. The average molecular weight is 312 g/mol. The molecule has 2 aromatic carbocycles. The zero-order valence-corrected chi connectivity index (χ0v) is 13.2. The summed E-state index contributed by atoms with van der Waals surface area (Å²) in [7, 11) is 0. The minimum absolute atomic E-state index is 0.151. The van der Waals surface area contributed by atoms with Crippen LogP contribution in [-0.4, -0.2) is 18.4 Å². The zero-order chi connectivity index (χ0) is 16.5. The van der Waals surface area contributed by atoms with Crippen LogP contribution >= 0.6 is 0 Å². The molecule has 0 atom stereocenters. The van der Waals surface area contributed by atoms with E-state index < -0.39 is 5.97 Å². The van der Waals surface area contributed by atoms with Gasteiger partial charge in [0.15, 0.2) is 0 Å². The Morgan fingerprint density at radius 3 is 2.26 bits per heavy atom. The van der Waals surface area contributed by atoms with E-state index in [1.807, 2.05) is 54.6 Å². The molecule has 0 N–H and O–H groups in total. The number of carbonyl (C=O) groups is 2. The molecular weight excluding hydrogens is 292 g/mol. The van der Waals surface area contributed by atoms with E-state index in [1.165, 1.54) is 0 Å². The molecule has 0 amide bonds. The fourth-order valence-electron chi connectivity index (χ4n) is 2.11. The Bertz CT molecular complexity index is 632. The summed E-state index contributed by atoms with van der Waals surface area (Å²) in [6.45, 7) is 2.51. The number of benzene rings is 2. The number of ketones is 1. The lowest BCUT2D eigenvalue weighted by molar-refractivity contribution is -0.145. The minimum atomic E-state index is -0.472. The molecule has 0 aliphatic carbocycles. The standard InChI is InChI=1S/C19H20O4/c1-2-22-19(21)13-17(20)12-15-8-10-18(11-9-15)23-14-16-6-4-3-5-7-16/h3-11H,2,12-14H2,1H3. The molecule has 23 heavy (non-hydrogen) atoms. The summed E-state index contributed by atoms with van der Waals surface area (Å²) >= 11 is 0. The molecule has 2 rings (SSSR count). The Morgan fingerprint density at radius 1 is 0.913 bits per heavy atom. The van der Waals surface area contributed by atoms with Crippen LogP contribution in [0.4, 0.5) is 0 Å². The minimum Gasteiger partial charge on any atom is -0.489 e. The fourth-order valence-corrected chi connectivity index (χ4v) is 2.11. The van der Waals surface area contributed by atoms with Crippen LogP contribution in [0, 0.1) is 0 Å². The lowest BCUT2D eigenvalue weighted by atomic mass is 10.1. The van der Waals surface area contributed by atoms with Gasteiger partial charge >= 0.3 is 5.97 Å². The Morgan fingerprint density at radius 2 is 1.61 bits per heavy atom. The second-order valence-corrected chi connectivity index (χ2v) is 5.12. The van der Waals surface area contributed by atoms with Crippen molar-refractivity contribution >= 4 is 11.8 Å².